The summed E-state index contributed by atoms with van der Waals surface area (Å²) in [4.78, 5) is 23.1. The van der Waals surface area contributed by atoms with Crippen molar-refractivity contribution in [2.45, 2.75) is 45.3 Å². The third-order valence-electron chi connectivity index (χ3n) is 4.56. The van der Waals surface area contributed by atoms with Gasteiger partial charge in [0.1, 0.15) is 5.60 Å². The SMILES string of the molecule is CCCC1COC(=O)C1OOC(C)(C)c1ccc2ccccc2c1. The second kappa shape index (κ2) is 6.91. The zero-order valence-corrected chi connectivity index (χ0v) is 14.5. The van der Waals surface area contributed by atoms with E-state index in [1.165, 1.54) is 5.39 Å². The summed E-state index contributed by atoms with van der Waals surface area (Å²) in [6.45, 7) is 6.37. The Balaban J connectivity index is 1.73. The summed E-state index contributed by atoms with van der Waals surface area (Å²) in [5.74, 6) is -0.266. The summed E-state index contributed by atoms with van der Waals surface area (Å²) in [6.07, 6.45) is 1.23. The Kier molecular flexibility index (Phi) is 4.88. The highest BCUT2D eigenvalue weighted by molar-refractivity contribution is 5.83. The molecule has 0 amide bonds. The molecule has 1 fully saturated rings. The number of fused-ring (bicyclic) bond motifs is 1. The lowest BCUT2D eigenvalue weighted by molar-refractivity contribution is -0.378. The van der Waals surface area contributed by atoms with Crippen LogP contribution in [0.5, 0.6) is 0 Å². The molecule has 0 N–H and O–H groups in total. The van der Waals surface area contributed by atoms with Crippen LogP contribution >= 0.6 is 0 Å². The van der Waals surface area contributed by atoms with Gasteiger partial charge in [0.2, 0.25) is 0 Å². The van der Waals surface area contributed by atoms with Crippen LogP contribution in [0.1, 0.15) is 39.2 Å². The number of benzene rings is 2. The fourth-order valence-electron chi connectivity index (χ4n) is 3.06. The van der Waals surface area contributed by atoms with E-state index in [0.29, 0.717) is 6.61 Å². The third kappa shape index (κ3) is 3.45. The molecule has 2 unspecified atom stereocenters. The summed E-state index contributed by atoms with van der Waals surface area (Å²) in [6, 6.07) is 14.4. The first-order valence-electron chi connectivity index (χ1n) is 8.51. The van der Waals surface area contributed by atoms with Gasteiger partial charge in [-0.05, 0) is 42.7 Å². The molecule has 0 aromatic heterocycles. The molecule has 1 heterocycles. The van der Waals surface area contributed by atoms with Crippen molar-refractivity contribution in [3.05, 3.63) is 48.0 Å². The van der Waals surface area contributed by atoms with Gasteiger partial charge >= 0.3 is 5.97 Å². The van der Waals surface area contributed by atoms with Crippen LogP contribution in [0.4, 0.5) is 0 Å². The molecule has 0 saturated carbocycles. The topological polar surface area (TPSA) is 44.8 Å². The summed E-state index contributed by atoms with van der Waals surface area (Å²) >= 11 is 0. The summed E-state index contributed by atoms with van der Waals surface area (Å²) < 4.78 is 5.12. The molecule has 128 valence electrons. The molecule has 0 aliphatic carbocycles. The molecule has 4 nitrogen and oxygen atoms in total. The Hall–Kier alpha value is -1.91. The molecule has 2 aromatic carbocycles. The highest BCUT2D eigenvalue weighted by Crippen LogP contribution is 2.31. The first-order valence-corrected chi connectivity index (χ1v) is 8.51. The molecule has 1 saturated heterocycles. The van der Waals surface area contributed by atoms with E-state index in [4.69, 9.17) is 14.5 Å². The van der Waals surface area contributed by atoms with Crippen LogP contribution < -0.4 is 0 Å². The van der Waals surface area contributed by atoms with Gasteiger partial charge in [0.25, 0.3) is 0 Å². The number of hydrogen-bond acceptors (Lipinski definition) is 4. The number of hydrogen-bond donors (Lipinski definition) is 0. The number of ether oxygens (including phenoxy) is 1. The number of carbonyl (C=O) groups excluding carboxylic acids is 1. The lowest BCUT2D eigenvalue weighted by Crippen LogP contribution is -2.31. The van der Waals surface area contributed by atoms with Gasteiger partial charge in [0, 0.05) is 5.92 Å². The van der Waals surface area contributed by atoms with E-state index in [-0.39, 0.29) is 11.9 Å². The van der Waals surface area contributed by atoms with E-state index in [0.717, 1.165) is 23.8 Å². The lowest BCUT2D eigenvalue weighted by atomic mass is 9.95. The summed E-state index contributed by atoms with van der Waals surface area (Å²) in [5.41, 5.74) is 0.337. The van der Waals surface area contributed by atoms with Crippen LogP contribution in [0.15, 0.2) is 42.5 Å². The Labute approximate surface area is 142 Å². The number of esters is 1. The minimum absolute atomic E-state index is 0.0647. The molecular weight excluding hydrogens is 304 g/mol. The Bertz CT molecular complexity index is 722. The molecule has 3 rings (SSSR count). The highest BCUT2D eigenvalue weighted by Gasteiger charge is 2.40. The molecule has 24 heavy (non-hydrogen) atoms. The quantitative estimate of drug-likeness (QED) is 0.449. The van der Waals surface area contributed by atoms with Gasteiger partial charge in [-0.2, -0.15) is 0 Å². The van der Waals surface area contributed by atoms with Crippen LogP contribution in [-0.2, 0) is 24.9 Å². The monoisotopic (exact) mass is 328 g/mol. The smallest absolute Gasteiger partial charge is 0.339 e. The average Bonchev–Trinajstić information content (AvgIpc) is 2.93. The number of carbonyl (C=O) groups is 1. The molecule has 4 heteroatoms. The normalized spacial score (nSPS) is 21.2. The van der Waals surface area contributed by atoms with Crippen LogP contribution in [0.2, 0.25) is 0 Å². The summed E-state index contributed by atoms with van der Waals surface area (Å²) in [7, 11) is 0. The predicted molar refractivity (Wildman–Crippen MR) is 92.3 cm³/mol. The molecule has 0 radical (unpaired) electrons. The van der Waals surface area contributed by atoms with Gasteiger partial charge < -0.3 is 4.74 Å². The fraction of sp³-hybridized carbons (Fsp3) is 0.450. The van der Waals surface area contributed by atoms with Crippen molar-refractivity contribution in [3.8, 4) is 0 Å². The Morgan fingerprint density at radius 2 is 1.92 bits per heavy atom. The fourth-order valence-corrected chi connectivity index (χ4v) is 3.06. The lowest BCUT2D eigenvalue weighted by Gasteiger charge is -2.26. The number of cyclic esters (lactones) is 1. The van der Waals surface area contributed by atoms with Gasteiger partial charge in [-0.15, -0.1) is 0 Å². The first-order chi connectivity index (χ1) is 11.5. The van der Waals surface area contributed by atoms with E-state index >= 15 is 0 Å². The van der Waals surface area contributed by atoms with Crippen molar-refractivity contribution in [2.24, 2.45) is 5.92 Å². The maximum Gasteiger partial charge on any atom is 0.339 e. The van der Waals surface area contributed by atoms with Crippen molar-refractivity contribution in [1.82, 2.24) is 0 Å². The molecular formula is C20H24O4. The van der Waals surface area contributed by atoms with Crippen LogP contribution in [0, 0.1) is 5.92 Å². The Morgan fingerprint density at radius 1 is 1.17 bits per heavy atom. The van der Waals surface area contributed by atoms with Crippen LogP contribution in [0.3, 0.4) is 0 Å². The highest BCUT2D eigenvalue weighted by atomic mass is 17.2. The third-order valence-corrected chi connectivity index (χ3v) is 4.56. The van der Waals surface area contributed by atoms with Crippen LogP contribution in [0.25, 0.3) is 10.8 Å². The second-order valence-corrected chi connectivity index (χ2v) is 6.85. The predicted octanol–water partition coefficient (Wildman–Crippen LogP) is 4.36. The van der Waals surface area contributed by atoms with E-state index in [9.17, 15) is 4.79 Å². The molecule has 2 atom stereocenters. The van der Waals surface area contributed by atoms with Crippen LogP contribution in [-0.4, -0.2) is 18.7 Å². The van der Waals surface area contributed by atoms with Crippen molar-refractivity contribution in [2.75, 3.05) is 6.61 Å². The largest absolute Gasteiger partial charge is 0.463 e. The van der Waals surface area contributed by atoms with E-state index in [2.05, 4.69) is 31.2 Å². The van der Waals surface area contributed by atoms with Gasteiger partial charge in [-0.1, -0.05) is 49.7 Å². The minimum atomic E-state index is -0.663. The molecule has 1 aliphatic rings. The zero-order valence-electron chi connectivity index (χ0n) is 14.5. The standard InChI is InChI=1S/C20H24O4/c1-4-7-16-13-22-19(21)18(16)23-24-20(2,3)17-11-10-14-8-5-6-9-15(14)12-17/h5-6,8-12,16,18H,4,7,13H2,1-3H3. The van der Waals surface area contributed by atoms with Crippen molar-refractivity contribution >= 4 is 16.7 Å². The zero-order chi connectivity index (χ0) is 17.2. The molecule has 0 bridgehead atoms. The van der Waals surface area contributed by atoms with E-state index < -0.39 is 11.7 Å². The summed E-state index contributed by atoms with van der Waals surface area (Å²) in [5, 5.41) is 2.33. The molecule has 1 aliphatic heterocycles. The number of rotatable bonds is 6. The molecule has 2 aromatic rings. The Morgan fingerprint density at radius 3 is 2.67 bits per heavy atom. The van der Waals surface area contributed by atoms with E-state index in [1.807, 2.05) is 32.0 Å². The maximum absolute atomic E-state index is 11.9. The maximum atomic E-state index is 11.9. The second-order valence-electron chi connectivity index (χ2n) is 6.85. The van der Waals surface area contributed by atoms with Gasteiger partial charge in [0.15, 0.2) is 6.10 Å². The first kappa shape index (κ1) is 16.9. The minimum Gasteiger partial charge on any atom is -0.463 e. The van der Waals surface area contributed by atoms with Gasteiger partial charge in [0.05, 0.1) is 6.61 Å². The molecule has 0 spiro atoms. The average molecular weight is 328 g/mol. The van der Waals surface area contributed by atoms with Gasteiger partial charge in [-0.3, -0.25) is 0 Å². The van der Waals surface area contributed by atoms with Crippen molar-refractivity contribution < 1.29 is 19.3 Å². The van der Waals surface area contributed by atoms with Gasteiger partial charge in [-0.25, -0.2) is 14.6 Å². The van der Waals surface area contributed by atoms with Crippen molar-refractivity contribution in [1.29, 1.82) is 0 Å². The van der Waals surface area contributed by atoms with Crippen molar-refractivity contribution in [3.63, 3.8) is 0 Å². The van der Waals surface area contributed by atoms with E-state index in [1.54, 1.807) is 0 Å².